The first kappa shape index (κ1) is 20.5. The van der Waals surface area contributed by atoms with Crippen molar-refractivity contribution in [1.82, 2.24) is 13.9 Å². The minimum Gasteiger partial charge on any atom is -0.337 e. The van der Waals surface area contributed by atoms with Gasteiger partial charge in [0.25, 0.3) is 5.91 Å². The highest BCUT2D eigenvalue weighted by Crippen LogP contribution is 2.22. The molecule has 7 nitrogen and oxygen atoms in total. The molecule has 0 aliphatic carbocycles. The molecule has 0 unspecified atom stereocenters. The van der Waals surface area contributed by atoms with E-state index in [0.29, 0.717) is 23.5 Å². The van der Waals surface area contributed by atoms with Gasteiger partial charge in [0.1, 0.15) is 0 Å². The van der Waals surface area contributed by atoms with E-state index in [0.717, 1.165) is 24.9 Å². The lowest BCUT2D eigenvalue weighted by atomic mass is 10.2. The molecule has 9 heteroatoms. The van der Waals surface area contributed by atoms with Crippen molar-refractivity contribution in [3.05, 3.63) is 71.3 Å². The van der Waals surface area contributed by atoms with Crippen LogP contribution >= 0.6 is 12.2 Å². The summed E-state index contributed by atoms with van der Waals surface area (Å²) in [7, 11) is -3.60. The maximum Gasteiger partial charge on any atom is 0.255 e. The van der Waals surface area contributed by atoms with Crippen LogP contribution in [0, 0.1) is 4.77 Å². The summed E-state index contributed by atoms with van der Waals surface area (Å²) in [5.74, 6) is -0.375. The van der Waals surface area contributed by atoms with Crippen molar-refractivity contribution in [3.63, 3.8) is 0 Å². The number of nitrogens with one attached hydrogen (secondary N) is 2. The molecule has 1 saturated heterocycles. The Morgan fingerprint density at radius 2 is 1.80 bits per heavy atom. The molecule has 2 aromatic carbocycles. The van der Waals surface area contributed by atoms with Gasteiger partial charge in [-0.15, -0.1) is 0 Å². The molecule has 0 saturated carbocycles. The first-order valence-electron chi connectivity index (χ1n) is 9.73. The van der Waals surface area contributed by atoms with Crippen molar-refractivity contribution in [1.29, 1.82) is 0 Å². The van der Waals surface area contributed by atoms with Crippen molar-refractivity contribution in [2.45, 2.75) is 24.2 Å². The number of aromatic amines is 1. The molecule has 1 aliphatic heterocycles. The van der Waals surface area contributed by atoms with E-state index in [-0.39, 0.29) is 16.4 Å². The lowest BCUT2D eigenvalue weighted by molar-refractivity contribution is 0.102. The zero-order valence-corrected chi connectivity index (χ0v) is 17.9. The van der Waals surface area contributed by atoms with E-state index in [2.05, 4.69) is 10.3 Å². The fourth-order valence-corrected chi connectivity index (χ4v) is 5.31. The molecule has 1 aliphatic rings. The highest BCUT2D eigenvalue weighted by atomic mass is 32.2. The van der Waals surface area contributed by atoms with Crippen LogP contribution in [0.2, 0.25) is 0 Å². The van der Waals surface area contributed by atoms with Gasteiger partial charge in [-0.2, -0.15) is 4.31 Å². The van der Waals surface area contributed by atoms with E-state index >= 15 is 0 Å². The number of rotatable bonds is 5. The van der Waals surface area contributed by atoms with Crippen LogP contribution in [0.1, 0.15) is 29.6 Å². The average molecular weight is 443 g/mol. The van der Waals surface area contributed by atoms with Gasteiger partial charge in [0.15, 0.2) is 4.77 Å². The molecule has 0 bridgehead atoms. The molecular weight excluding hydrogens is 420 g/mol. The fourth-order valence-electron chi connectivity index (χ4n) is 3.51. The van der Waals surface area contributed by atoms with Gasteiger partial charge in [0.05, 0.1) is 4.90 Å². The van der Waals surface area contributed by atoms with Gasteiger partial charge in [-0.3, -0.25) is 9.36 Å². The van der Waals surface area contributed by atoms with Gasteiger partial charge in [-0.05, 0) is 61.5 Å². The van der Waals surface area contributed by atoms with Crippen molar-refractivity contribution >= 4 is 33.8 Å². The lowest BCUT2D eigenvalue weighted by Gasteiger charge is -2.26. The van der Waals surface area contributed by atoms with Crippen LogP contribution in [0.25, 0.3) is 5.69 Å². The first-order valence-corrected chi connectivity index (χ1v) is 11.6. The van der Waals surface area contributed by atoms with Crippen molar-refractivity contribution < 1.29 is 13.2 Å². The second-order valence-electron chi connectivity index (χ2n) is 7.13. The average Bonchev–Trinajstić information content (AvgIpc) is 3.20. The molecular formula is C21H22N4O3S2. The SMILES string of the molecule is O=C(Nc1cccc(-n2cc[nH]c2=S)c1)c1cccc(S(=O)(=O)N2CCCCC2)c1. The Bertz CT molecular complexity index is 1220. The van der Waals surface area contributed by atoms with Gasteiger partial charge < -0.3 is 10.3 Å². The number of amides is 1. The zero-order valence-electron chi connectivity index (χ0n) is 16.2. The summed E-state index contributed by atoms with van der Waals surface area (Å²) in [5.41, 5.74) is 1.68. The molecule has 3 aromatic rings. The molecule has 2 N–H and O–H groups in total. The number of aromatic nitrogens is 2. The lowest BCUT2D eigenvalue weighted by Crippen LogP contribution is -2.35. The Hall–Kier alpha value is -2.75. The predicted molar refractivity (Wildman–Crippen MR) is 118 cm³/mol. The third-order valence-corrected chi connectivity index (χ3v) is 7.29. The Morgan fingerprint density at radius 1 is 1.03 bits per heavy atom. The van der Waals surface area contributed by atoms with Crippen LogP contribution in [0.5, 0.6) is 0 Å². The van der Waals surface area contributed by atoms with Gasteiger partial charge in [0.2, 0.25) is 10.0 Å². The molecule has 0 atom stereocenters. The summed E-state index contributed by atoms with van der Waals surface area (Å²) in [6.07, 6.45) is 6.31. The summed E-state index contributed by atoms with van der Waals surface area (Å²) in [6, 6.07) is 13.4. The standard InChI is InChI=1S/C21H22N4O3S2/c26-20(23-17-7-5-8-18(15-17)25-13-10-22-21(25)29)16-6-4-9-19(14-16)30(27,28)24-11-2-1-3-12-24/h4-10,13-15H,1-3,11-12H2,(H,22,29)(H,23,26). The number of nitrogens with zero attached hydrogens (tertiary/aromatic N) is 2. The topological polar surface area (TPSA) is 87.2 Å². The summed E-state index contributed by atoms with van der Waals surface area (Å²) in [6.45, 7) is 1.04. The zero-order chi connectivity index (χ0) is 21.1. The van der Waals surface area contributed by atoms with E-state index in [1.54, 1.807) is 41.2 Å². The Morgan fingerprint density at radius 3 is 2.53 bits per heavy atom. The molecule has 1 amide bonds. The molecule has 30 heavy (non-hydrogen) atoms. The number of H-pyrrole nitrogens is 1. The third kappa shape index (κ3) is 4.23. The summed E-state index contributed by atoms with van der Waals surface area (Å²) >= 11 is 5.24. The normalized spacial score (nSPS) is 15.1. The maximum atomic E-state index is 12.9. The van der Waals surface area contributed by atoms with Crippen molar-refractivity contribution in [2.24, 2.45) is 0 Å². The third-order valence-electron chi connectivity index (χ3n) is 5.08. The molecule has 0 radical (unpaired) electrons. The van der Waals surface area contributed by atoms with Crippen LogP contribution < -0.4 is 5.32 Å². The quantitative estimate of drug-likeness (QED) is 0.586. The highest BCUT2D eigenvalue weighted by Gasteiger charge is 2.26. The molecule has 156 valence electrons. The largest absolute Gasteiger partial charge is 0.337 e. The monoisotopic (exact) mass is 442 g/mol. The van der Waals surface area contributed by atoms with E-state index in [9.17, 15) is 13.2 Å². The maximum absolute atomic E-state index is 12.9. The predicted octanol–water partition coefficient (Wildman–Crippen LogP) is 3.96. The van der Waals surface area contributed by atoms with Crippen LogP contribution in [0.15, 0.2) is 65.8 Å². The van der Waals surface area contributed by atoms with E-state index in [4.69, 9.17) is 12.2 Å². The number of hydrogen-bond donors (Lipinski definition) is 2. The second-order valence-corrected chi connectivity index (χ2v) is 9.46. The minimum atomic E-state index is -3.60. The van der Waals surface area contributed by atoms with Gasteiger partial charge in [-0.25, -0.2) is 8.42 Å². The van der Waals surface area contributed by atoms with E-state index in [1.165, 1.54) is 16.4 Å². The summed E-state index contributed by atoms with van der Waals surface area (Å²) in [5, 5.41) is 2.83. The van der Waals surface area contributed by atoms with Gasteiger partial charge in [0, 0.05) is 42.4 Å². The Kier molecular flexibility index (Phi) is 5.85. The number of benzene rings is 2. The van der Waals surface area contributed by atoms with Crippen LogP contribution in [0.4, 0.5) is 5.69 Å². The minimum absolute atomic E-state index is 0.143. The molecule has 0 spiro atoms. The molecule has 4 rings (SSSR count). The van der Waals surface area contributed by atoms with Crippen LogP contribution in [-0.2, 0) is 10.0 Å². The summed E-state index contributed by atoms with van der Waals surface area (Å²) in [4.78, 5) is 15.9. The van der Waals surface area contributed by atoms with Crippen molar-refractivity contribution in [3.8, 4) is 5.69 Å². The van der Waals surface area contributed by atoms with Crippen LogP contribution in [-0.4, -0.2) is 41.3 Å². The second kappa shape index (κ2) is 8.55. The summed E-state index contributed by atoms with van der Waals surface area (Å²) < 4.78 is 29.6. The fraction of sp³-hybridized carbons (Fsp3) is 0.238. The number of hydrogen-bond acceptors (Lipinski definition) is 4. The number of sulfonamides is 1. The smallest absolute Gasteiger partial charge is 0.255 e. The number of carbonyl (C=O) groups is 1. The number of anilines is 1. The Balaban J connectivity index is 1.56. The van der Waals surface area contributed by atoms with E-state index in [1.807, 2.05) is 12.1 Å². The highest BCUT2D eigenvalue weighted by molar-refractivity contribution is 7.89. The Labute approximate surface area is 180 Å². The van der Waals surface area contributed by atoms with Crippen LogP contribution in [0.3, 0.4) is 0 Å². The van der Waals surface area contributed by atoms with E-state index < -0.39 is 10.0 Å². The van der Waals surface area contributed by atoms with Crippen molar-refractivity contribution in [2.75, 3.05) is 18.4 Å². The number of piperidine rings is 1. The first-order chi connectivity index (χ1) is 14.4. The number of imidazole rings is 1. The van der Waals surface area contributed by atoms with Gasteiger partial charge >= 0.3 is 0 Å². The molecule has 1 fully saturated rings. The number of carbonyl (C=O) groups excluding carboxylic acids is 1. The van der Waals surface area contributed by atoms with Gasteiger partial charge in [-0.1, -0.05) is 18.6 Å². The molecule has 1 aromatic heterocycles. The molecule has 2 heterocycles.